The monoisotopic (exact) mass is 367 g/mol. The molecular weight excluding hydrogens is 350 g/mol. The number of anilines is 1. The van der Waals surface area contributed by atoms with Crippen LogP contribution in [0.5, 0.6) is 0 Å². The number of hydrogen-bond donors (Lipinski definition) is 2. The van der Waals surface area contributed by atoms with Gasteiger partial charge in [-0.3, -0.25) is 9.59 Å². The number of tetrazole rings is 1. The lowest BCUT2D eigenvalue weighted by Crippen LogP contribution is -2.15. The Morgan fingerprint density at radius 2 is 2.19 bits per heavy atom. The molecule has 0 radical (unpaired) electrons. The summed E-state index contributed by atoms with van der Waals surface area (Å²) in [5.41, 5.74) is 2.17. The number of carboxylic acids is 1. The van der Waals surface area contributed by atoms with Gasteiger partial charge in [-0.1, -0.05) is 12.1 Å². The van der Waals surface area contributed by atoms with Gasteiger partial charge in [-0.25, -0.2) is 4.68 Å². The van der Waals surface area contributed by atoms with E-state index in [1.807, 2.05) is 6.07 Å². The summed E-state index contributed by atoms with van der Waals surface area (Å²) >= 11 is 0. The number of rotatable bonds is 6. The second-order valence-corrected chi connectivity index (χ2v) is 6.50. The fourth-order valence-electron chi connectivity index (χ4n) is 2.95. The number of aromatic nitrogens is 4. The Hall–Kier alpha value is -3.49. The molecule has 1 amide bonds. The number of aryl methyl sites for hydroxylation is 1. The average Bonchev–Trinajstić information content (AvgIpc) is 3.24. The number of aliphatic carboxylic acids is 1. The van der Waals surface area contributed by atoms with E-state index < -0.39 is 11.9 Å². The van der Waals surface area contributed by atoms with Gasteiger partial charge < -0.3 is 14.8 Å². The minimum absolute atomic E-state index is 0.131. The van der Waals surface area contributed by atoms with E-state index in [0.29, 0.717) is 23.1 Å². The van der Waals surface area contributed by atoms with E-state index in [0.717, 1.165) is 18.4 Å². The molecule has 2 N–H and O–H groups in total. The first kappa shape index (κ1) is 17.0. The van der Waals surface area contributed by atoms with Crippen molar-refractivity contribution in [2.75, 3.05) is 5.32 Å². The molecule has 27 heavy (non-hydrogen) atoms. The summed E-state index contributed by atoms with van der Waals surface area (Å²) in [4.78, 5) is 23.6. The maximum atomic E-state index is 12.7. The molecule has 0 atom stereocenters. The van der Waals surface area contributed by atoms with Crippen molar-refractivity contribution in [2.24, 2.45) is 0 Å². The topological polar surface area (TPSA) is 123 Å². The number of nitrogens with one attached hydrogen (secondary N) is 1. The zero-order valence-corrected chi connectivity index (χ0v) is 14.5. The molecule has 0 unspecified atom stereocenters. The lowest BCUT2D eigenvalue weighted by molar-refractivity contribution is -0.136. The van der Waals surface area contributed by atoms with Crippen LogP contribution < -0.4 is 5.32 Å². The second-order valence-electron chi connectivity index (χ2n) is 6.50. The predicted octanol–water partition coefficient (Wildman–Crippen LogP) is 2.46. The maximum absolute atomic E-state index is 12.7. The minimum Gasteiger partial charge on any atom is -0.481 e. The first-order chi connectivity index (χ1) is 13.0. The summed E-state index contributed by atoms with van der Waals surface area (Å²) < 4.78 is 7.02. The van der Waals surface area contributed by atoms with Crippen molar-refractivity contribution < 1.29 is 19.1 Å². The van der Waals surface area contributed by atoms with Crippen LogP contribution in [0.1, 0.15) is 40.6 Å². The van der Waals surface area contributed by atoms with Crippen molar-refractivity contribution in [2.45, 2.75) is 32.2 Å². The third-order valence-corrected chi connectivity index (χ3v) is 4.35. The molecular formula is C18H17N5O4. The fraction of sp³-hybridized carbons (Fsp3) is 0.278. The van der Waals surface area contributed by atoms with E-state index in [1.54, 1.807) is 29.8 Å². The van der Waals surface area contributed by atoms with Crippen LogP contribution in [0.3, 0.4) is 0 Å². The summed E-state index contributed by atoms with van der Waals surface area (Å²) in [6, 6.07) is 7.55. The molecule has 4 rings (SSSR count). The van der Waals surface area contributed by atoms with Gasteiger partial charge in [-0.05, 0) is 42.3 Å². The van der Waals surface area contributed by atoms with Crippen molar-refractivity contribution in [1.29, 1.82) is 0 Å². The second kappa shape index (κ2) is 6.67. The molecule has 3 aromatic rings. The molecule has 0 spiro atoms. The molecule has 1 aromatic carbocycles. The highest BCUT2D eigenvalue weighted by Gasteiger charge is 2.28. The molecule has 1 aliphatic rings. The van der Waals surface area contributed by atoms with Crippen molar-refractivity contribution >= 4 is 17.6 Å². The van der Waals surface area contributed by atoms with E-state index in [1.165, 1.54) is 6.26 Å². The standard InChI is InChI=1S/C18H17N5O4/c1-10-9-27-14(8-15(24)25)16(10)18(26)19-12-4-2-3-11(7-12)17-20-21-22-23(17)13-5-6-13/h2-4,7,9,13H,5-6,8H2,1H3,(H,19,26)(H,24,25). The Morgan fingerprint density at radius 3 is 2.93 bits per heavy atom. The van der Waals surface area contributed by atoms with Gasteiger partial charge in [0.25, 0.3) is 5.91 Å². The number of carbonyl (C=O) groups is 2. The molecule has 2 aromatic heterocycles. The van der Waals surface area contributed by atoms with Crippen molar-refractivity contribution in [3.8, 4) is 11.4 Å². The first-order valence-corrected chi connectivity index (χ1v) is 8.51. The van der Waals surface area contributed by atoms with Gasteiger partial charge in [0, 0.05) is 16.8 Å². The zero-order valence-electron chi connectivity index (χ0n) is 14.5. The quantitative estimate of drug-likeness (QED) is 0.686. The Labute approximate surface area is 154 Å². The maximum Gasteiger partial charge on any atom is 0.311 e. The van der Waals surface area contributed by atoms with Gasteiger partial charge in [0.05, 0.1) is 17.9 Å². The lowest BCUT2D eigenvalue weighted by atomic mass is 10.1. The van der Waals surface area contributed by atoms with Crippen LogP contribution in [0.15, 0.2) is 34.9 Å². The van der Waals surface area contributed by atoms with E-state index in [4.69, 9.17) is 9.52 Å². The van der Waals surface area contributed by atoms with Gasteiger partial charge >= 0.3 is 5.97 Å². The van der Waals surface area contributed by atoms with E-state index in [2.05, 4.69) is 20.8 Å². The molecule has 138 valence electrons. The van der Waals surface area contributed by atoms with E-state index in [9.17, 15) is 9.59 Å². The van der Waals surface area contributed by atoms with E-state index >= 15 is 0 Å². The van der Waals surface area contributed by atoms with Gasteiger partial charge in [0.15, 0.2) is 5.82 Å². The number of hydrogen-bond acceptors (Lipinski definition) is 6. The molecule has 1 fully saturated rings. The number of benzene rings is 1. The normalized spacial score (nSPS) is 13.5. The summed E-state index contributed by atoms with van der Waals surface area (Å²) in [6.45, 7) is 1.70. The third-order valence-electron chi connectivity index (χ3n) is 4.35. The highest BCUT2D eigenvalue weighted by Crippen LogP contribution is 2.36. The van der Waals surface area contributed by atoms with Gasteiger partial charge in [-0.15, -0.1) is 5.10 Å². The Kier molecular flexibility index (Phi) is 4.19. The Bertz CT molecular complexity index is 1020. The summed E-state index contributed by atoms with van der Waals surface area (Å²) in [5, 5.41) is 23.6. The van der Waals surface area contributed by atoms with Crippen LogP contribution in [0.2, 0.25) is 0 Å². The summed E-state index contributed by atoms with van der Waals surface area (Å²) in [7, 11) is 0. The number of carbonyl (C=O) groups excluding carboxylic acids is 1. The smallest absolute Gasteiger partial charge is 0.311 e. The van der Waals surface area contributed by atoms with Gasteiger partial charge in [0.1, 0.15) is 12.2 Å². The van der Waals surface area contributed by atoms with Crippen molar-refractivity contribution in [1.82, 2.24) is 20.2 Å². The Balaban J connectivity index is 1.59. The predicted molar refractivity (Wildman–Crippen MR) is 94.3 cm³/mol. The number of carboxylic acid groups (broad SMARTS) is 1. The van der Waals surface area contributed by atoms with Gasteiger partial charge in [-0.2, -0.15) is 0 Å². The third kappa shape index (κ3) is 3.43. The molecule has 0 saturated heterocycles. The highest BCUT2D eigenvalue weighted by molar-refractivity contribution is 6.06. The van der Waals surface area contributed by atoms with E-state index in [-0.39, 0.29) is 17.7 Å². The first-order valence-electron chi connectivity index (χ1n) is 8.51. The van der Waals surface area contributed by atoms with Crippen molar-refractivity contribution in [3.05, 3.63) is 47.4 Å². The van der Waals surface area contributed by atoms with Crippen LogP contribution in [-0.2, 0) is 11.2 Å². The molecule has 2 heterocycles. The Morgan fingerprint density at radius 1 is 1.37 bits per heavy atom. The SMILES string of the molecule is Cc1coc(CC(=O)O)c1C(=O)Nc1cccc(-c2nnnn2C2CC2)c1. The van der Waals surface area contributed by atoms with Gasteiger partial charge in [0.2, 0.25) is 0 Å². The molecule has 1 saturated carbocycles. The summed E-state index contributed by atoms with van der Waals surface area (Å²) in [5.74, 6) is -0.699. The average molecular weight is 367 g/mol. The molecule has 9 heteroatoms. The van der Waals surface area contributed by atoms with Crippen LogP contribution in [-0.4, -0.2) is 37.2 Å². The zero-order chi connectivity index (χ0) is 19.0. The summed E-state index contributed by atoms with van der Waals surface area (Å²) in [6.07, 6.45) is 3.14. The van der Waals surface area contributed by atoms with Crippen LogP contribution in [0.4, 0.5) is 5.69 Å². The minimum atomic E-state index is -1.06. The van der Waals surface area contributed by atoms with Crippen LogP contribution in [0, 0.1) is 6.92 Å². The van der Waals surface area contributed by atoms with Crippen LogP contribution in [0.25, 0.3) is 11.4 Å². The number of furan rings is 1. The lowest BCUT2D eigenvalue weighted by Gasteiger charge is -2.08. The molecule has 0 bridgehead atoms. The van der Waals surface area contributed by atoms with Crippen LogP contribution >= 0.6 is 0 Å². The molecule has 0 aliphatic heterocycles. The number of amides is 1. The van der Waals surface area contributed by atoms with Crippen molar-refractivity contribution in [3.63, 3.8) is 0 Å². The number of nitrogens with zero attached hydrogens (tertiary/aromatic N) is 4. The molecule has 1 aliphatic carbocycles. The fourth-order valence-corrected chi connectivity index (χ4v) is 2.95. The highest BCUT2D eigenvalue weighted by atomic mass is 16.4. The molecule has 9 nitrogen and oxygen atoms in total. The largest absolute Gasteiger partial charge is 0.481 e.